The summed E-state index contributed by atoms with van der Waals surface area (Å²) in [4.78, 5) is 21.8. The Morgan fingerprint density at radius 3 is 2.81 bits per heavy atom. The quantitative estimate of drug-likeness (QED) is 0.835. The summed E-state index contributed by atoms with van der Waals surface area (Å²) in [6, 6.07) is 10.3. The van der Waals surface area contributed by atoms with Crippen LogP contribution in [-0.2, 0) is 24.9 Å². The van der Waals surface area contributed by atoms with Gasteiger partial charge >= 0.3 is 0 Å². The van der Waals surface area contributed by atoms with Crippen molar-refractivity contribution in [3.63, 3.8) is 0 Å². The third-order valence-electron chi connectivity index (χ3n) is 6.08. The Morgan fingerprint density at radius 2 is 2.11 bits per heavy atom. The molecular weight excluding hydrogens is 338 g/mol. The van der Waals surface area contributed by atoms with Crippen molar-refractivity contribution < 1.29 is 4.79 Å². The van der Waals surface area contributed by atoms with Crippen molar-refractivity contribution in [3.8, 4) is 6.07 Å². The van der Waals surface area contributed by atoms with Crippen molar-refractivity contribution in [3.05, 3.63) is 53.1 Å². The van der Waals surface area contributed by atoms with Gasteiger partial charge in [-0.3, -0.25) is 14.7 Å². The summed E-state index contributed by atoms with van der Waals surface area (Å²) in [5, 5.41) is 9.27. The van der Waals surface area contributed by atoms with Crippen molar-refractivity contribution in [1.29, 1.82) is 5.26 Å². The van der Waals surface area contributed by atoms with E-state index in [2.05, 4.69) is 22.9 Å². The maximum atomic E-state index is 13.0. The van der Waals surface area contributed by atoms with Gasteiger partial charge in [-0.05, 0) is 43.5 Å². The molecule has 6 nitrogen and oxygen atoms in total. The van der Waals surface area contributed by atoms with Gasteiger partial charge in [0.25, 0.3) is 0 Å². The van der Waals surface area contributed by atoms with Gasteiger partial charge < -0.3 is 9.47 Å². The van der Waals surface area contributed by atoms with E-state index in [0.717, 1.165) is 43.9 Å². The molecule has 3 aliphatic heterocycles. The topological polar surface area (TPSA) is 65.2 Å². The molecule has 3 saturated heterocycles. The molecule has 2 bridgehead atoms. The van der Waals surface area contributed by atoms with Crippen LogP contribution in [0.5, 0.6) is 0 Å². The standard InChI is InChI=1S/C21H25N5O/c1-15-17(9-20(10-22)24(15)2)12-25-11-16-6-7-19(14-25)26(21(16)27)13-18-5-3-4-8-23-18/h3-5,8-9,16,19H,6-7,11-14H2,1-2H3/t16-,19+/m1/s1. The van der Waals surface area contributed by atoms with E-state index in [9.17, 15) is 10.1 Å². The Labute approximate surface area is 160 Å². The van der Waals surface area contributed by atoms with E-state index in [0.29, 0.717) is 12.2 Å². The largest absolute Gasteiger partial charge is 0.340 e. The molecule has 2 aromatic rings. The maximum absolute atomic E-state index is 13.0. The SMILES string of the molecule is Cc1c(CN2C[C@H]3CC[C@@H](C2)N(Cc2ccccn2)C3=O)cc(C#N)n1C. The van der Waals surface area contributed by atoms with Crippen LogP contribution in [-0.4, -0.2) is 44.4 Å². The minimum Gasteiger partial charge on any atom is -0.340 e. The lowest BCUT2D eigenvalue weighted by Gasteiger charge is -2.35. The van der Waals surface area contributed by atoms with Crippen molar-refractivity contribution >= 4 is 5.91 Å². The Kier molecular flexibility index (Phi) is 4.71. The Hall–Kier alpha value is -2.65. The average molecular weight is 363 g/mol. The molecule has 0 saturated carbocycles. The maximum Gasteiger partial charge on any atom is 0.227 e. The molecule has 1 amide bonds. The van der Waals surface area contributed by atoms with Gasteiger partial charge in [-0.15, -0.1) is 0 Å². The molecule has 0 N–H and O–H groups in total. The molecule has 2 aromatic heterocycles. The van der Waals surface area contributed by atoms with Crippen LogP contribution < -0.4 is 0 Å². The highest BCUT2D eigenvalue weighted by molar-refractivity contribution is 5.80. The summed E-state index contributed by atoms with van der Waals surface area (Å²) in [7, 11) is 1.93. The van der Waals surface area contributed by atoms with Gasteiger partial charge in [-0.25, -0.2) is 0 Å². The van der Waals surface area contributed by atoms with Crippen LogP contribution in [0.1, 0.15) is 35.5 Å². The zero-order chi connectivity index (χ0) is 19.0. The van der Waals surface area contributed by atoms with E-state index in [4.69, 9.17) is 0 Å². The van der Waals surface area contributed by atoms with E-state index >= 15 is 0 Å². The number of pyridine rings is 1. The summed E-state index contributed by atoms with van der Waals surface area (Å²) in [5.74, 6) is 0.328. The molecule has 6 heteroatoms. The van der Waals surface area contributed by atoms with Crippen LogP contribution in [0.4, 0.5) is 0 Å². The number of hydrogen-bond donors (Lipinski definition) is 0. The molecule has 5 heterocycles. The van der Waals surface area contributed by atoms with Crippen molar-refractivity contribution in [2.24, 2.45) is 13.0 Å². The van der Waals surface area contributed by atoms with Gasteiger partial charge in [-0.1, -0.05) is 6.07 Å². The van der Waals surface area contributed by atoms with E-state index in [1.54, 1.807) is 6.20 Å². The second kappa shape index (κ2) is 7.16. The first kappa shape index (κ1) is 17.7. The molecule has 5 rings (SSSR count). The summed E-state index contributed by atoms with van der Waals surface area (Å²) in [6.45, 7) is 5.12. The third kappa shape index (κ3) is 3.35. The molecule has 27 heavy (non-hydrogen) atoms. The van der Waals surface area contributed by atoms with E-state index < -0.39 is 0 Å². The Balaban J connectivity index is 1.52. The predicted octanol–water partition coefficient (Wildman–Crippen LogP) is 2.22. The van der Waals surface area contributed by atoms with Gasteiger partial charge in [0.05, 0.1) is 18.2 Å². The van der Waals surface area contributed by atoms with Crippen LogP contribution in [0.3, 0.4) is 0 Å². The van der Waals surface area contributed by atoms with Crippen molar-refractivity contribution in [2.45, 2.75) is 38.9 Å². The predicted molar refractivity (Wildman–Crippen MR) is 101 cm³/mol. The van der Waals surface area contributed by atoms with Crippen LogP contribution in [0.25, 0.3) is 0 Å². The highest BCUT2D eigenvalue weighted by atomic mass is 16.2. The normalized spacial score (nSPS) is 22.7. The fraction of sp³-hybridized carbons (Fsp3) is 0.476. The number of hydrogen-bond acceptors (Lipinski definition) is 4. The number of rotatable bonds is 4. The number of carbonyl (C=O) groups is 1. The zero-order valence-corrected chi connectivity index (χ0v) is 15.9. The van der Waals surface area contributed by atoms with Gasteiger partial charge in [0.1, 0.15) is 11.8 Å². The number of carbonyl (C=O) groups excluding carboxylic acids is 1. The minimum atomic E-state index is 0.0620. The van der Waals surface area contributed by atoms with Gasteiger partial charge in [0.2, 0.25) is 5.91 Å². The van der Waals surface area contributed by atoms with Crippen LogP contribution in [0, 0.1) is 24.2 Å². The fourth-order valence-corrected chi connectivity index (χ4v) is 4.40. The molecule has 3 fully saturated rings. The second-order valence-electron chi connectivity index (χ2n) is 7.72. The summed E-state index contributed by atoms with van der Waals surface area (Å²) in [5.41, 5.74) is 3.94. The van der Waals surface area contributed by atoms with Gasteiger partial charge in [0.15, 0.2) is 0 Å². The lowest BCUT2D eigenvalue weighted by molar-refractivity contribution is -0.140. The molecule has 0 aliphatic carbocycles. The molecule has 140 valence electrons. The molecule has 2 atom stereocenters. The van der Waals surface area contributed by atoms with Crippen LogP contribution in [0.2, 0.25) is 0 Å². The number of amides is 1. The highest BCUT2D eigenvalue weighted by Gasteiger charge is 2.40. The van der Waals surface area contributed by atoms with Crippen molar-refractivity contribution in [2.75, 3.05) is 13.1 Å². The Morgan fingerprint density at radius 1 is 1.26 bits per heavy atom. The zero-order valence-electron chi connectivity index (χ0n) is 15.9. The van der Waals surface area contributed by atoms with E-state index in [1.807, 2.05) is 40.8 Å². The average Bonchev–Trinajstić information content (AvgIpc) is 2.83. The highest BCUT2D eigenvalue weighted by Crippen LogP contribution is 2.31. The smallest absolute Gasteiger partial charge is 0.227 e. The molecule has 0 aromatic carbocycles. The first-order valence-electron chi connectivity index (χ1n) is 9.55. The molecular formula is C21H25N5O. The lowest BCUT2D eigenvalue weighted by atomic mass is 9.94. The third-order valence-corrected chi connectivity index (χ3v) is 6.08. The summed E-state index contributed by atoms with van der Waals surface area (Å²) >= 11 is 0. The number of nitriles is 1. The van der Waals surface area contributed by atoms with Crippen LogP contribution >= 0.6 is 0 Å². The number of piperidine rings is 1. The minimum absolute atomic E-state index is 0.0620. The monoisotopic (exact) mass is 363 g/mol. The molecule has 3 aliphatic rings. The van der Waals surface area contributed by atoms with Crippen LogP contribution in [0.15, 0.2) is 30.5 Å². The molecule has 0 radical (unpaired) electrons. The second-order valence-corrected chi connectivity index (χ2v) is 7.72. The van der Waals surface area contributed by atoms with Gasteiger partial charge in [0, 0.05) is 44.6 Å². The summed E-state index contributed by atoms with van der Waals surface area (Å²) < 4.78 is 1.94. The Bertz CT molecular complexity index is 882. The van der Waals surface area contributed by atoms with E-state index in [1.165, 1.54) is 5.56 Å². The van der Waals surface area contributed by atoms with E-state index in [-0.39, 0.29) is 17.9 Å². The first-order valence-corrected chi connectivity index (χ1v) is 9.55. The van der Waals surface area contributed by atoms with Gasteiger partial charge in [-0.2, -0.15) is 5.26 Å². The van der Waals surface area contributed by atoms with Crippen molar-refractivity contribution in [1.82, 2.24) is 19.4 Å². The number of nitrogens with zero attached hydrogens (tertiary/aromatic N) is 5. The fourth-order valence-electron chi connectivity index (χ4n) is 4.40. The first-order chi connectivity index (χ1) is 13.1. The summed E-state index contributed by atoms with van der Waals surface area (Å²) in [6.07, 6.45) is 3.81. The molecule has 0 spiro atoms. The number of aromatic nitrogens is 2. The molecule has 0 unspecified atom stereocenters. The number of fused-ring (bicyclic) bond motifs is 4. The lowest BCUT2D eigenvalue weighted by Crippen LogP contribution is -2.47.